The summed E-state index contributed by atoms with van der Waals surface area (Å²) in [5.41, 5.74) is 2.17. The Labute approximate surface area is 230 Å². The Hall–Kier alpha value is -0.0931. The molecule has 0 unspecified atom stereocenters. The van der Waals surface area contributed by atoms with Crippen LogP contribution in [0.15, 0.2) is 18.2 Å². The van der Waals surface area contributed by atoms with Crippen molar-refractivity contribution in [3.05, 3.63) is 18.2 Å². The fourth-order valence-electron chi connectivity index (χ4n) is 8.08. The molecule has 3 aliphatic rings. The van der Waals surface area contributed by atoms with E-state index in [4.69, 9.17) is 24.7 Å². The van der Waals surface area contributed by atoms with E-state index in [9.17, 15) is 5.11 Å². The maximum atomic E-state index is 11.0. The molecule has 0 bridgehead atoms. The van der Waals surface area contributed by atoms with Gasteiger partial charge in [-0.1, -0.05) is 0 Å². The molecule has 0 aromatic heterocycles. The van der Waals surface area contributed by atoms with E-state index in [1.165, 1.54) is 102 Å². The van der Waals surface area contributed by atoms with Gasteiger partial charge in [0.1, 0.15) is 0 Å². The van der Waals surface area contributed by atoms with E-state index in [0.29, 0.717) is 5.75 Å². The first-order valence-corrected chi connectivity index (χ1v) is 22.6. The Balaban J connectivity index is 1.80. The molecule has 0 spiro atoms. The summed E-state index contributed by atoms with van der Waals surface area (Å²) in [6.07, 6.45) is 21.4. The molecule has 4 rings (SSSR count). The summed E-state index contributed by atoms with van der Waals surface area (Å²) in [4.78, 5) is 0. The van der Waals surface area contributed by atoms with Crippen molar-refractivity contribution < 1.29 is 14.3 Å². The molecule has 1 aromatic rings. The van der Waals surface area contributed by atoms with Crippen LogP contribution in [0.5, 0.6) is 11.5 Å². The second-order valence-corrected chi connectivity index (χ2v) is 26.9. The van der Waals surface area contributed by atoms with E-state index in [2.05, 4.69) is 25.2 Å². The van der Waals surface area contributed by atoms with Crippen molar-refractivity contribution in [1.82, 2.24) is 0 Å². The molecule has 0 saturated heterocycles. The van der Waals surface area contributed by atoms with Gasteiger partial charge in [-0.2, -0.15) is 0 Å². The van der Waals surface area contributed by atoms with E-state index in [-0.39, 0.29) is 0 Å². The Morgan fingerprint density at radius 1 is 0.833 bits per heavy atom. The molecular formula is C30H52BrO3PSi. The zero-order valence-corrected chi connectivity index (χ0v) is 26.8. The first-order valence-electron chi connectivity index (χ1n) is 15.0. The topological polar surface area (TPSA) is 38.7 Å². The zero-order valence-electron chi connectivity index (χ0n) is 23.3. The molecule has 3 fully saturated rings. The van der Waals surface area contributed by atoms with Crippen LogP contribution in [0.25, 0.3) is 0 Å². The molecule has 206 valence electrons. The Bertz CT molecular complexity index is 796. The third-order valence-electron chi connectivity index (χ3n) is 10.1. The number of ether oxygens (including phenoxy) is 1. The Morgan fingerprint density at radius 2 is 1.31 bits per heavy atom. The van der Waals surface area contributed by atoms with Gasteiger partial charge in [0, 0.05) is 0 Å². The molecule has 3 saturated carbocycles. The van der Waals surface area contributed by atoms with Crippen molar-refractivity contribution in [2.24, 2.45) is 0 Å². The van der Waals surface area contributed by atoms with Crippen LogP contribution in [0.2, 0.25) is 19.1 Å². The van der Waals surface area contributed by atoms with Gasteiger partial charge in [0.05, 0.1) is 0 Å². The van der Waals surface area contributed by atoms with Crippen LogP contribution in [-0.4, -0.2) is 44.1 Å². The van der Waals surface area contributed by atoms with Crippen LogP contribution in [0.1, 0.15) is 103 Å². The van der Waals surface area contributed by atoms with Gasteiger partial charge in [0.2, 0.25) is 0 Å². The molecule has 36 heavy (non-hydrogen) atoms. The molecule has 0 atom stereocenters. The number of aromatic hydroxyl groups is 1. The van der Waals surface area contributed by atoms with E-state index >= 15 is 0 Å². The number of hydrogen-bond acceptors (Lipinski definition) is 3. The van der Waals surface area contributed by atoms with E-state index < -0.39 is 13.6 Å². The predicted octanol–water partition coefficient (Wildman–Crippen LogP) is 9.50. The van der Waals surface area contributed by atoms with Crippen LogP contribution in [0.4, 0.5) is 0 Å². The van der Waals surface area contributed by atoms with Crippen molar-refractivity contribution in [2.45, 2.75) is 139 Å². The first-order chi connectivity index (χ1) is 17.3. The average molecular weight is 600 g/mol. The molecule has 0 amide bonds. The molecule has 0 heterocycles. The van der Waals surface area contributed by atoms with Gasteiger partial charge in [-0.3, -0.25) is 0 Å². The molecule has 1 aromatic carbocycles. The van der Waals surface area contributed by atoms with Crippen LogP contribution >= 0.6 is 20.8 Å². The minimum atomic E-state index is -2.67. The van der Waals surface area contributed by atoms with Gasteiger partial charge in [0.25, 0.3) is 0 Å². The Morgan fingerprint density at radius 3 is 1.75 bits per heavy atom. The molecule has 0 radical (unpaired) electrons. The van der Waals surface area contributed by atoms with Gasteiger partial charge >= 0.3 is 231 Å². The first kappa shape index (κ1) is 28.9. The number of halogens is 1. The minimum absolute atomic E-state index is 0.418. The van der Waals surface area contributed by atoms with Crippen LogP contribution in [0.3, 0.4) is 0 Å². The predicted molar refractivity (Wildman–Crippen MR) is 164 cm³/mol. The zero-order chi connectivity index (χ0) is 25.7. The van der Waals surface area contributed by atoms with Crippen molar-refractivity contribution >= 4 is 34.4 Å². The number of hydrogen-bond donors (Lipinski definition) is 1. The van der Waals surface area contributed by atoms with Crippen molar-refractivity contribution in [3.63, 3.8) is 0 Å². The average Bonchev–Trinajstić information content (AvgIpc) is 2.93. The van der Waals surface area contributed by atoms with E-state index in [0.717, 1.165) is 41.8 Å². The second kappa shape index (κ2) is 12.4. The summed E-state index contributed by atoms with van der Waals surface area (Å²) in [5, 5.41) is 9.70. The van der Waals surface area contributed by atoms with Crippen molar-refractivity contribution in [2.75, 3.05) is 13.7 Å². The van der Waals surface area contributed by atoms with Gasteiger partial charge < -0.3 is 0 Å². The molecule has 3 nitrogen and oxygen atoms in total. The van der Waals surface area contributed by atoms with Gasteiger partial charge in [-0.15, -0.1) is 0 Å². The summed E-state index contributed by atoms with van der Waals surface area (Å²) in [6.45, 7) is 5.31. The Kier molecular flexibility index (Phi) is 9.95. The SMILES string of the molecule is CO[Si](C)(C)CCCOc1ccc(O)cc1P(Br)(C1CCCCC1)(C1CCCCC1)C1CCCCC1. The van der Waals surface area contributed by atoms with Gasteiger partial charge in [-0.25, -0.2) is 0 Å². The summed E-state index contributed by atoms with van der Waals surface area (Å²) < 4.78 is 12.5. The monoisotopic (exact) mass is 598 g/mol. The summed E-state index contributed by atoms with van der Waals surface area (Å²) >= 11 is 4.95. The molecule has 3 aliphatic carbocycles. The molecule has 1 N–H and O–H groups in total. The quantitative estimate of drug-likeness (QED) is 0.165. The summed E-state index contributed by atoms with van der Waals surface area (Å²) in [5.74, 6) is 1.49. The van der Waals surface area contributed by atoms with Crippen LogP contribution in [0, 0.1) is 0 Å². The number of rotatable bonds is 10. The van der Waals surface area contributed by atoms with Crippen molar-refractivity contribution in [3.8, 4) is 11.5 Å². The standard InChI is InChI=1S/C30H52BrO3PSi/c1-33-36(2,3)23-13-22-34-29-21-20-25(32)24-30(29)35(31,26-14-7-4-8-15-26,27-16-9-5-10-17-27)28-18-11-6-12-19-28/h20-21,24,26-28,32H,4-19,22-23H2,1-3H3. The normalized spacial score (nSPS) is 22.7. The maximum absolute atomic E-state index is 11.0. The summed E-state index contributed by atoms with van der Waals surface area (Å²) in [6, 6.07) is 7.26. The molecule has 6 heteroatoms. The van der Waals surface area contributed by atoms with E-state index in [1.54, 1.807) is 0 Å². The molecular weight excluding hydrogens is 547 g/mol. The molecule has 0 aliphatic heterocycles. The van der Waals surface area contributed by atoms with Gasteiger partial charge in [0.15, 0.2) is 0 Å². The van der Waals surface area contributed by atoms with E-state index in [1.807, 2.05) is 13.2 Å². The van der Waals surface area contributed by atoms with Gasteiger partial charge in [-0.05, 0) is 0 Å². The number of phenolic OH excluding ortho intramolecular Hbond substituents is 1. The van der Waals surface area contributed by atoms with Crippen molar-refractivity contribution in [1.29, 1.82) is 0 Å². The number of benzene rings is 1. The van der Waals surface area contributed by atoms with Crippen LogP contribution in [-0.2, 0) is 4.43 Å². The summed E-state index contributed by atoms with van der Waals surface area (Å²) in [7, 11) is 0.268. The number of phenols is 1. The fraction of sp³-hybridized carbons (Fsp3) is 0.800. The van der Waals surface area contributed by atoms with Crippen LogP contribution < -0.4 is 10.0 Å². The second-order valence-electron chi connectivity index (χ2n) is 12.7. The fourth-order valence-corrected chi connectivity index (χ4v) is 22.0. The third-order valence-corrected chi connectivity index (χ3v) is 26.5. The third kappa shape index (κ3) is 5.75.